The predicted molar refractivity (Wildman–Crippen MR) is 104 cm³/mol. The number of rotatable bonds is 7. The Balaban J connectivity index is 0.00000264. The summed E-state index contributed by atoms with van der Waals surface area (Å²) in [4.78, 5) is 8.56. The topological polar surface area (TPSA) is 58.5 Å². The lowest BCUT2D eigenvalue weighted by Gasteiger charge is -2.12. The minimum Gasteiger partial charge on any atom is -0.490 e. The van der Waals surface area contributed by atoms with E-state index in [-0.39, 0.29) is 24.0 Å². The molecule has 0 fully saturated rings. The zero-order chi connectivity index (χ0) is 15.5. The Kier molecular flexibility index (Phi) is 9.78. The third kappa shape index (κ3) is 7.83. The van der Waals surface area contributed by atoms with Gasteiger partial charge in [-0.05, 0) is 24.6 Å². The number of hydrogen-bond donors (Lipinski definition) is 2. The van der Waals surface area contributed by atoms with Crippen LogP contribution < -0.4 is 15.4 Å². The van der Waals surface area contributed by atoms with Gasteiger partial charge < -0.3 is 15.4 Å². The molecule has 1 heterocycles. The molecule has 0 unspecified atom stereocenters. The van der Waals surface area contributed by atoms with E-state index in [1.807, 2.05) is 37.3 Å². The molecular weight excluding hydrogens is 403 g/mol. The summed E-state index contributed by atoms with van der Waals surface area (Å²) in [5.74, 6) is 1.57. The molecule has 0 spiro atoms. The molecule has 2 rings (SSSR count). The summed E-state index contributed by atoms with van der Waals surface area (Å²) >= 11 is 0. The Morgan fingerprint density at radius 1 is 1.13 bits per heavy atom. The van der Waals surface area contributed by atoms with Crippen molar-refractivity contribution in [2.24, 2.45) is 4.99 Å². The van der Waals surface area contributed by atoms with Crippen LogP contribution in [0.3, 0.4) is 0 Å². The molecule has 0 aliphatic carbocycles. The van der Waals surface area contributed by atoms with Gasteiger partial charge in [0, 0.05) is 12.7 Å². The van der Waals surface area contributed by atoms with Crippen molar-refractivity contribution >= 4 is 29.9 Å². The fourth-order valence-electron chi connectivity index (χ4n) is 1.87. The van der Waals surface area contributed by atoms with E-state index in [1.54, 1.807) is 12.4 Å². The van der Waals surface area contributed by atoms with Crippen LogP contribution in [0.15, 0.2) is 59.9 Å². The molecule has 1 aromatic heterocycles. The Morgan fingerprint density at radius 2 is 1.96 bits per heavy atom. The molecule has 1 aromatic carbocycles. The van der Waals surface area contributed by atoms with Crippen molar-refractivity contribution in [2.75, 3.05) is 19.7 Å². The first-order valence-corrected chi connectivity index (χ1v) is 7.47. The van der Waals surface area contributed by atoms with Gasteiger partial charge in [-0.25, -0.2) is 4.99 Å². The number of halogens is 1. The molecule has 2 aromatic rings. The van der Waals surface area contributed by atoms with Crippen LogP contribution in [0.1, 0.15) is 12.5 Å². The summed E-state index contributed by atoms with van der Waals surface area (Å²) in [6.07, 6.45) is 3.43. The van der Waals surface area contributed by atoms with Gasteiger partial charge in [0.1, 0.15) is 12.4 Å². The molecule has 23 heavy (non-hydrogen) atoms. The van der Waals surface area contributed by atoms with Gasteiger partial charge in [-0.1, -0.05) is 30.3 Å². The molecule has 0 aliphatic rings. The number of nitrogens with one attached hydrogen (secondary N) is 2. The summed E-state index contributed by atoms with van der Waals surface area (Å²) in [5, 5.41) is 6.48. The number of benzene rings is 1. The number of guanidine groups is 1. The number of hydrogen-bond acceptors (Lipinski definition) is 3. The van der Waals surface area contributed by atoms with Gasteiger partial charge in [-0.15, -0.1) is 24.0 Å². The average Bonchev–Trinajstić information content (AvgIpc) is 2.58. The summed E-state index contributed by atoms with van der Waals surface area (Å²) in [7, 11) is 0. The monoisotopic (exact) mass is 426 g/mol. The van der Waals surface area contributed by atoms with E-state index in [1.165, 1.54) is 5.56 Å². The second kappa shape index (κ2) is 11.7. The first-order valence-electron chi connectivity index (χ1n) is 7.47. The lowest BCUT2D eigenvalue weighted by atomic mass is 10.2. The molecule has 124 valence electrons. The van der Waals surface area contributed by atoms with Crippen LogP contribution in [0.4, 0.5) is 0 Å². The maximum Gasteiger partial charge on any atom is 0.191 e. The number of nitrogens with zero attached hydrogens (tertiary/aromatic N) is 2. The highest BCUT2D eigenvalue weighted by Crippen LogP contribution is 2.05. The van der Waals surface area contributed by atoms with E-state index in [0.717, 1.165) is 18.3 Å². The quantitative estimate of drug-likeness (QED) is 0.310. The Hall–Kier alpha value is -1.83. The third-order valence-electron chi connectivity index (χ3n) is 2.90. The lowest BCUT2D eigenvalue weighted by Crippen LogP contribution is -2.39. The van der Waals surface area contributed by atoms with Crippen molar-refractivity contribution in [2.45, 2.75) is 13.5 Å². The first-order chi connectivity index (χ1) is 10.9. The van der Waals surface area contributed by atoms with Crippen LogP contribution >= 0.6 is 24.0 Å². The largest absolute Gasteiger partial charge is 0.490 e. The number of ether oxygens (including phenoxy) is 1. The second-order valence-electron chi connectivity index (χ2n) is 4.64. The molecule has 5 nitrogen and oxygen atoms in total. The fraction of sp³-hybridized carbons (Fsp3) is 0.294. The third-order valence-corrected chi connectivity index (χ3v) is 2.90. The first kappa shape index (κ1) is 19.2. The SMILES string of the molecule is CCNC(=NCc1ccccc1)NCCOc1cccnc1.I. The van der Waals surface area contributed by atoms with Crippen molar-refractivity contribution < 1.29 is 4.74 Å². The zero-order valence-corrected chi connectivity index (χ0v) is 15.6. The normalized spacial score (nSPS) is 10.6. The number of aromatic nitrogens is 1. The van der Waals surface area contributed by atoms with Crippen LogP contribution in [0.2, 0.25) is 0 Å². The van der Waals surface area contributed by atoms with Crippen molar-refractivity contribution in [3.05, 3.63) is 60.4 Å². The molecule has 0 bridgehead atoms. The van der Waals surface area contributed by atoms with E-state index in [9.17, 15) is 0 Å². The molecule has 0 radical (unpaired) electrons. The summed E-state index contributed by atoms with van der Waals surface area (Å²) < 4.78 is 5.59. The number of aliphatic imine (C=N–C) groups is 1. The van der Waals surface area contributed by atoms with Gasteiger partial charge >= 0.3 is 0 Å². The highest BCUT2D eigenvalue weighted by atomic mass is 127. The molecule has 0 saturated heterocycles. The standard InChI is InChI=1S/C17H22N4O.HI/c1-2-19-17(21-13-15-7-4-3-5-8-15)20-11-12-22-16-9-6-10-18-14-16;/h3-10,14H,2,11-13H2,1H3,(H2,19,20,21);1H. The van der Waals surface area contributed by atoms with Crippen LogP contribution in [-0.2, 0) is 6.54 Å². The van der Waals surface area contributed by atoms with Gasteiger partial charge in [-0.2, -0.15) is 0 Å². The smallest absolute Gasteiger partial charge is 0.191 e. The predicted octanol–water partition coefficient (Wildman–Crippen LogP) is 2.83. The van der Waals surface area contributed by atoms with Gasteiger partial charge in [0.15, 0.2) is 5.96 Å². The van der Waals surface area contributed by atoms with E-state index in [4.69, 9.17) is 4.74 Å². The van der Waals surface area contributed by atoms with Crippen molar-refractivity contribution in [3.8, 4) is 5.75 Å². The molecule has 0 saturated carbocycles. The van der Waals surface area contributed by atoms with E-state index < -0.39 is 0 Å². The minimum absolute atomic E-state index is 0. The van der Waals surface area contributed by atoms with Crippen LogP contribution in [0.5, 0.6) is 5.75 Å². The Morgan fingerprint density at radius 3 is 2.65 bits per heavy atom. The zero-order valence-electron chi connectivity index (χ0n) is 13.2. The lowest BCUT2D eigenvalue weighted by molar-refractivity contribution is 0.320. The van der Waals surface area contributed by atoms with Crippen molar-refractivity contribution in [1.82, 2.24) is 15.6 Å². The highest BCUT2D eigenvalue weighted by Gasteiger charge is 1.98. The van der Waals surface area contributed by atoms with E-state index in [0.29, 0.717) is 19.7 Å². The molecule has 0 aliphatic heterocycles. The summed E-state index contributed by atoms with van der Waals surface area (Å²) in [6, 6.07) is 13.9. The van der Waals surface area contributed by atoms with Crippen LogP contribution in [-0.4, -0.2) is 30.6 Å². The fourth-order valence-corrected chi connectivity index (χ4v) is 1.87. The average molecular weight is 426 g/mol. The Labute approximate surface area is 154 Å². The second-order valence-corrected chi connectivity index (χ2v) is 4.64. The molecule has 6 heteroatoms. The molecule has 0 amide bonds. The van der Waals surface area contributed by atoms with Crippen LogP contribution in [0.25, 0.3) is 0 Å². The highest BCUT2D eigenvalue weighted by molar-refractivity contribution is 14.0. The molecule has 2 N–H and O–H groups in total. The minimum atomic E-state index is 0. The molecule has 0 atom stereocenters. The van der Waals surface area contributed by atoms with Gasteiger partial charge in [0.2, 0.25) is 0 Å². The summed E-state index contributed by atoms with van der Waals surface area (Å²) in [5.41, 5.74) is 1.19. The maximum atomic E-state index is 5.59. The molecular formula is C17H23IN4O. The summed E-state index contributed by atoms with van der Waals surface area (Å²) in [6.45, 7) is 4.76. The van der Waals surface area contributed by atoms with Gasteiger partial charge in [0.25, 0.3) is 0 Å². The van der Waals surface area contributed by atoms with E-state index in [2.05, 4.69) is 32.7 Å². The maximum absolute atomic E-state index is 5.59. The van der Waals surface area contributed by atoms with E-state index >= 15 is 0 Å². The van der Waals surface area contributed by atoms with Crippen LogP contribution in [0, 0.1) is 0 Å². The van der Waals surface area contributed by atoms with Gasteiger partial charge in [-0.3, -0.25) is 4.98 Å². The van der Waals surface area contributed by atoms with Crippen molar-refractivity contribution in [1.29, 1.82) is 0 Å². The Bertz CT molecular complexity index is 563. The van der Waals surface area contributed by atoms with Crippen molar-refractivity contribution in [3.63, 3.8) is 0 Å². The van der Waals surface area contributed by atoms with Gasteiger partial charge in [0.05, 0.1) is 19.3 Å². The number of pyridine rings is 1.